The Labute approximate surface area is 165 Å². The van der Waals surface area contributed by atoms with Crippen LogP contribution in [-0.4, -0.2) is 41.9 Å². The summed E-state index contributed by atoms with van der Waals surface area (Å²) in [6.07, 6.45) is 4.09. The highest BCUT2D eigenvalue weighted by molar-refractivity contribution is 5.95. The number of carbonyl (C=O) groups is 2. The SMILES string of the molecule is Cc1cccc(C(=O)N2CCC[C@@H]2COc2ccc(C(=O)NC3CC3)cc2)c1. The molecular weight excluding hydrogens is 352 g/mol. The van der Waals surface area contributed by atoms with Crippen LogP contribution in [0, 0.1) is 6.92 Å². The topological polar surface area (TPSA) is 58.6 Å². The second-order valence-corrected chi connectivity index (χ2v) is 7.75. The van der Waals surface area contributed by atoms with E-state index in [9.17, 15) is 9.59 Å². The molecule has 0 unspecified atom stereocenters. The van der Waals surface area contributed by atoms with Gasteiger partial charge >= 0.3 is 0 Å². The second kappa shape index (κ2) is 8.05. The first kappa shape index (κ1) is 18.5. The first-order valence-corrected chi connectivity index (χ1v) is 10.0. The Balaban J connectivity index is 1.34. The van der Waals surface area contributed by atoms with E-state index in [1.165, 1.54) is 0 Å². The van der Waals surface area contributed by atoms with Crippen LogP contribution in [0.15, 0.2) is 48.5 Å². The summed E-state index contributed by atoms with van der Waals surface area (Å²) >= 11 is 0. The molecule has 0 radical (unpaired) electrons. The van der Waals surface area contributed by atoms with Crippen molar-refractivity contribution in [1.82, 2.24) is 10.2 Å². The largest absolute Gasteiger partial charge is 0.491 e. The zero-order valence-electron chi connectivity index (χ0n) is 16.2. The van der Waals surface area contributed by atoms with Crippen LogP contribution in [0.25, 0.3) is 0 Å². The van der Waals surface area contributed by atoms with Gasteiger partial charge in [0.25, 0.3) is 11.8 Å². The van der Waals surface area contributed by atoms with E-state index in [0.29, 0.717) is 18.2 Å². The predicted molar refractivity (Wildman–Crippen MR) is 108 cm³/mol. The van der Waals surface area contributed by atoms with Gasteiger partial charge < -0.3 is 15.0 Å². The Bertz CT molecular complexity index is 858. The van der Waals surface area contributed by atoms with Crippen molar-refractivity contribution in [3.8, 4) is 5.75 Å². The van der Waals surface area contributed by atoms with Gasteiger partial charge in [-0.15, -0.1) is 0 Å². The number of nitrogens with zero attached hydrogens (tertiary/aromatic N) is 1. The molecule has 1 aliphatic heterocycles. The molecule has 1 saturated heterocycles. The molecule has 1 N–H and O–H groups in total. The minimum atomic E-state index is -0.0280. The average molecular weight is 378 g/mol. The van der Waals surface area contributed by atoms with Gasteiger partial charge in [-0.05, 0) is 69.0 Å². The maximum Gasteiger partial charge on any atom is 0.254 e. The van der Waals surface area contributed by atoms with Gasteiger partial charge in [-0.3, -0.25) is 9.59 Å². The van der Waals surface area contributed by atoms with Crippen molar-refractivity contribution < 1.29 is 14.3 Å². The summed E-state index contributed by atoms with van der Waals surface area (Å²) in [5.74, 6) is 0.763. The zero-order chi connectivity index (χ0) is 19.5. The minimum Gasteiger partial charge on any atom is -0.491 e. The normalized spacial score (nSPS) is 18.8. The molecule has 2 aliphatic rings. The van der Waals surface area contributed by atoms with Crippen molar-refractivity contribution >= 4 is 11.8 Å². The number of likely N-dealkylation sites (tertiary alicyclic amines) is 1. The van der Waals surface area contributed by atoms with E-state index in [2.05, 4.69) is 5.32 Å². The molecule has 0 bridgehead atoms. The molecular formula is C23H26N2O3. The predicted octanol–water partition coefficient (Wildman–Crippen LogP) is 3.57. The van der Waals surface area contributed by atoms with Crippen LogP contribution >= 0.6 is 0 Å². The van der Waals surface area contributed by atoms with E-state index in [0.717, 1.165) is 49.1 Å². The lowest BCUT2D eigenvalue weighted by atomic mass is 10.1. The van der Waals surface area contributed by atoms with E-state index in [4.69, 9.17) is 4.74 Å². The first-order valence-electron chi connectivity index (χ1n) is 10.0. The molecule has 0 spiro atoms. The van der Waals surface area contributed by atoms with Crippen LogP contribution in [0.1, 0.15) is 52.0 Å². The fourth-order valence-electron chi connectivity index (χ4n) is 3.61. The summed E-state index contributed by atoms with van der Waals surface area (Å²) in [6.45, 7) is 3.22. The molecule has 4 rings (SSSR count). The van der Waals surface area contributed by atoms with Crippen LogP contribution in [0.3, 0.4) is 0 Å². The van der Waals surface area contributed by atoms with Crippen molar-refractivity contribution in [2.75, 3.05) is 13.2 Å². The van der Waals surface area contributed by atoms with E-state index in [1.54, 1.807) is 12.1 Å². The highest BCUT2D eigenvalue weighted by Gasteiger charge is 2.30. The van der Waals surface area contributed by atoms with Gasteiger partial charge in [-0.25, -0.2) is 0 Å². The van der Waals surface area contributed by atoms with Gasteiger partial charge in [0.1, 0.15) is 12.4 Å². The number of carbonyl (C=O) groups excluding carboxylic acids is 2. The summed E-state index contributed by atoms with van der Waals surface area (Å²) in [5.41, 5.74) is 2.47. The van der Waals surface area contributed by atoms with Crippen LogP contribution in [0.4, 0.5) is 0 Å². The number of amides is 2. The summed E-state index contributed by atoms with van der Waals surface area (Å²) in [7, 11) is 0. The molecule has 1 heterocycles. The molecule has 2 aromatic rings. The van der Waals surface area contributed by atoms with Gasteiger partial charge in [0, 0.05) is 23.7 Å². The van der Waals surface area contributed by atoms with Gasteiger partial charge in [-0.1, -0.05) is 17.7 Å². The Hall–Kier alpha value is -2.82. The zero-order valence-corrected chi connectivity index (χ0v) is 16.2. The average Bonchev–Trinajstić information content (AvgIpc) is 3.39. The van der Waals surface area contributed by atoms with Crippen LogP contribution in [0.5, 0.6) is 5.75 Å². The maximum atomic E-state index is 12.9. The number of nitrogens with one attached hydrogen (secondary N) is 1. The summed E-state index contributed by atoms with van der Waals surface area (Å²) < 4.78 is 5.93. The molecule has 1 atom stereocenters. The highest BCUT2D eigenvalue weighted by atomic mass is 16.5. The van der Waals surface area contributed by atoms with Crippen molar-refractivity contribution in [3.63, 3.8) is 0 Å². The summed E-state index contributed by atoms with van der Waals surface area (Å²) in [5, 5.41) is 2.98. The summed E-state index contributed by atoms with van der Waals surface area (Å²) in [4.78, 5) is 26.8. The number of benzene rings is 2. The molecule has 5 nitrogen and oxygen atoms in total. The second-order valence-electron chi connectivity index (χ2n) is 7.75. The molecule has 2 aromatic carbocycles. The van der Waals surface area contributed by atoms with E-state index >= 15 is 0 Å². The van der Waals surface area contributed by atoms with E-state index in [-0.39, 0.29) is 17.9 Å². The Morgan fingerprint density at radius 3 is 2.57 bits per heavy atom. The van der Waals surface area contributed by atoms with Gasteiger partial charge in [0.05, 0.1) is 6.04 Å². The van der Waals surface area contributed by atoms with Crippen LogP contribution in [-0.2, 0) is 0 Å². The fourth-order valence-corrected chi connectivity index (χ4v) is 3.61. The van der Waals surface area contributed by atoms with Gasteiger partial charge in [0.15, 0.2) is 0 Å². The van der Waals surface area contributed by atoms with E-state index in [1.807, 2.05) is 48.2 Å². The molecule has 2 amide bonds. The monoisotopic (exact) mass is 378 g/mol. The highest BCUT2D eigenvalue weighted by Crippen LogP contribution is 2.23. The van der Waals surface area contributed by atoms with Crippen molar-refractivity contribution in [2.24, 2.45) is 0 Å². The minimum absolute atomic E-state index is 0.0280. The smallest absolute Gasteiger partial charge is 0.254 e. The first-order chi connectivity index (χ1) is 13.6. The molecule has 1 saturated carbocycles. The lowest BCUT2D eigenvalue weighted by Crippen LogP contribution is -2.39. The quantitative estimate of drug-likeness (QED) is 0.836. The number of hydrogen-bond acceptors (Lipinski definition) is 3. The molecule has 1 aliphatic carbocycles. The van der Waals surface area contributed by atoms with Crippen molar-refractivity contribution in [1.29, 1.82) is 0 Å². The molecule has 0 aromatic heterocycles. The number of hydrogen-bond donors (Lipinski definition) is 1. The molecule has 2 fully saturated rings. The number of rotatable bonds is 6. The maximum absolute atomic E-state index is 12.9. The Kier molecular flexibility index (Phi) is 5.33. The Morgan fingerprint density at radius 2 is 1.86 bits per heavy atom. The van der Waals surface area contributed by atoms with Gasteiger partial charge in [0.2, 0.25) is 0 Å². The summed E-state index contributed by atoms with van der Waals surface area (Å²) in [6, 6.07) is 15.4. The third-order valence-electron chi connectivity index (χ3n) is 5.37. The molecule has 5 heteroatoms. The standard InChI is InChI=1S/C23H26N2O3/c1-16-4-2-5-18(14-16)23(27)25-13-3-6-20(25)15-28-21-11-7-17(8-12-21)22(26)24-19-9-10-19/h2,4-5,7-8,11-12,14,19-20H,3,6,9-10,13,15H2,1H3,(H,24,26)/t20-/m1/s1. The van der Waals surface area contributed by atoms with Crippen molar-refractivity contribution in [3.05, 3.63) is 65.2 Å². The Morgan fingerprint density at radius 1 is 1.07 bits per heavy atom. The lowest BCUT2D eigenvalue weighted by Gasteiger charge is -2.25. The van der Waals surface area contributed by atoms with Crippen LogP contribution < -0.4 is 10.1 Å². The van der Waals surface area contributed by atoms with Crippen LogP contribution in [0.2, 0.25) is 0 Å². The molecule has 146 valence electrons. The third kappa shape index (κ3) is 4.35. The number of ether oxygens (including phenoxy) is 1. The van der Waals surface area contributed by atoms with E-state index < -0.39 is 0 Å². The van der Waals surface area contributed by atoms with Crippen molar-refractivity contribution in [2.45, 2.75) is 44.7 Å². The third-order valence-corrected chi connectivity index (χ3v) is 5.37. The lowest BCUT2D eigenvalue weighted by molar-refractivity contribution is 0.0691. The molecule has 28 heavy (non-hydrogen) atoms. The fraction of sp³-hybridized carbons (Fsp3) is 0.391. The van der Waals surface area contributed by atoms with Gasteiger partial charge in [-0.2, -0.15) is 0 Å². The number of aryl methyl sites for hydroxylation is 1.